The van der Waals surface area contributed by atoms with Crippen molar-refractivity contribution >= 4 is 11.8 Å². The van der Waals surface area contributed by atoms with E-state index in [2.05, 4.69) is 15.6 Å². The molecule has 2 heterocycles. The van der Waals surface area contributed by atoms with Gasteiger partial charge in [-0.25, -0.2) is 0 Å². The first-order valence-corrected chi connectivity index (χ1v) is 5.83. The summed E-state index contributed by atoms with van der Waals surface area (Å²) in [4.78, 5) is 37.3. The van der Waals surface area contributed by atoms with E-state index >= 15 is 0 Å². The Kier molecular flexibility index (Phi) is 3.45. The first-order valence-electron chi connectivity index (χ1n) is 5.83. The van der Waals surface area contributed by atoms with Crippen LogP contribution in [0.2, 0.25) is 0 Å². The van der Waals surface area contributed by atoms with E-state index in [1.165, 1.54) is 12.3 Å². The quantitative estimate of drug-likeness (QED) is 0.671. The molecule has 1 atom stereocenters. The predicted molar refractivity (Wildman–Crippen MR) is 65.3 cm³/mol. The van der Waals surface area contributed by atoms with Crippen LogP contribution in [-0.4, -0.2) is 29.4 Å². The molecule has 6 heteroatoms. The van der Waals surface area contributed by atoms with Crippen molar-refractivity contribution in [2.45, 2.75) is 25.8 Å². The minimum absolute atomic E-state index is 0.00585. The molecule has 0 radical (unpaired) electrons. The van der Waals surface area contributed by atoms with Crippen LogP contribution >= 0.6 is 0 Å². The molecule has 1 aliphatic rings. The second kappa shape index (κ2) is 5.03. The van der Waals surface area contributed by atoms with E-state index in [4.69, 9.17) is 0 Å². The molecule has 18 heavy (non-hydrogen) atoms. The number of nitrogens with one attached hydrogen (secondary N) is 3. The summed E-state index contributed by atoms with van der Waals surface area (Å²) >= 11 is 0. The molecule has 1 aromatic heterocycles. The Morgan fingerprint density at radius 2 is 2.22 bits per heavy atom. The van der Waals surface area contributed by atoms with E-state index in [1.54, 1.807) is 6.92 Å². The van der Waals surface area contributed by atoms with Crippen molar-refractivity contribution in [1.29, 1.82) is 0 Å². The van der Waals surface area contributed by atoms with Crippen LogP contribution in [0.5, 0.6) is 0 Å². The number of hydrogen-bond donors (Lipinski definition) is 3. The van der Waals surface area contributed by atoms with Gasteiger partial charge in [-0.15, -0.1) is 0 Å². The summed E-state index contributed by atoms with van der Waals surface area (Å²) in [5, 5.41) is 5.42. The topological polar surface area (TPSA) is 91.1 Å². The highest BCUT2D eigenvalue weighted by Gasteiger charge is 2.21. The van der Waals surface area contributed by atoms with Crippen molar-refractivity contribution in [2.75, 3.05) is 6.54 Å². The van der Waals surface area contributed by atoms with Crippen molar-refractivity contribution in [1.82, 2.24) is 15.6 Å². The molecule has 0 aromatic carbocycles. The van der Waals surface area contributed by atoms with Gasteiger partial charge in [-0.05, 0) is 13.3 Å². The number of aromatic nitrogens is 1. The average molecular weight is 249 g/mol. The second-order valence-electron chi connectivity index (χ2n) is 4.41. The number of piperidine rings is 1. The molecular formula is C12H15N3O3. The van der Waals surface area contributed by atoms with Gasteiger partial charge in [-0.2, -0.15) is 0 Å². The number of rotatable bonds is 2. The molecular weight excluding hydrogens is 234 g/mol. The van der Waals surface area contributed by atoms with E-state index in [9.17, 15) is 14.4 Å². The number of amides is 2. The van der Waals surface area contributed by atoms with Crippen LogP contribution in [0.3, 0.4) is 0 Å². The minimum Gasteiger partial charge on any atom is -0.364 e. The molecule has 6 nitrogen and oxygen atoms in total. The number of pyridine rings is 1. The third kappa shape index (κ3) is 2.77. The van der Waals surface area contributed by atoms with Gasteiger partial charge in [-0.3, -0.25) is 14.4 Å². The van der Waals surface area contributed by atoms with E-state index < -0.39 is 5.91 Å². The zero-order valence-electron chi connectivity index (χ0n) is 10.1. The van der Waals surface area contributed by atoms with Crippen LogP contribution in [0, 0.1) is 6.92 Å². The van der Waals surface area contributed by atoms with Crippen LogP contribution in [0.25, 0.3) is 0 Å². The van der Waals surface area contributed by atoms with E-state index in [1.807, 2.05) is 0 Å². The predicted octanol–water partition coefficient (Wildman–Crippen LogP) is -0.308. The molecule has 0 aliphatic carbocycles. The summed E-state index contributed by atoms with van der Waals surface area (Å²) in [6.07, 6.45) is 2.41. The van der Waals surface area contributed by atoms with Crippen molar-refractivity contribution < 1.29 is 9.59 Å². The summed E-state index contributed by atoms with van der Waals surface area (Å²) in [6.45, 7) is 2.16. The Morgan fingerprint density at radius 1 is 1.44 bits per heavy atom. The molecule has 1 unspecified atom stereocenters. The highest BCUT2D eigenvalue weighted by molar-refractivity contribution is 5.94. The summed E-state index contributed by atoms with van der Waals surface area (Å²) in [5.41, 5.74) is 0.502. The third-order valence-corrected chi connectivity index (χ3v) is 2.90. The highest BCUT2D eigenvalue weighted by Crippen LogP contribution is 2.03. The standard InChI is InChI=1S/C12H15N3O3/c1-7-4-10(16)9(6-13-7)12(18)15-8-2-3-11(17)14-5-8/h4,6,8H,2-3,5H2,1H3,(H,13,16)(H,14,17)(H,15,18). The lowest BCUT2D eigenvalue weighted by Crippen LogP contribution is -2.48. The summed E-state index contributed by atoms with van der Waals surface area (Å²) < 4.78 is 0. The van der Waals surface area contributed by atoms with Crippen LogP contribution in [0.15, 0.2) is 17.1 Å². The van der Waals surface area contributed by atoms with E-state index in [0.717, 1.165) is 0 Å². The normalized spacial score (nSPS) is 19.2. The smallest absolute Gasteiger partial charge is 0.257 e. The Labute approximate surface area is 104 Å². The van der Waals surface area contributed by atoms with Crippen molar-refractivity contribution in [3.63, 3.8) is 0 Å². The number of carbonyl (C=O) groups is 2. The van der Waals surface area contributed by atoms with Gasteiger partial charge in [-0.1, -0.05) is 0 Å². The number of carbonyl (C=O) groups excluding carboxylic acids is 2. The Morgan fingerprint density at radius 3 is 2.83 bits per heavy atom. The Balaban J connectivity index is 2.03. The van der Waals surface area contributed by atoms with Crippen molar-refractivity contribution in [2.24, 2.45) is 0 Å². The average Bonchev–Trinajstić information content (AvgIpc) is 2.32. The zero-order valence-corrected chi connectivity index (χ0v) is 10.1. The fourth-order valence-electron chi connectivity index (χ4n) is 1.87. The molecule has 1 aliphatic heterocycles. The second-order valence-corrected chi connectivity index (χ2v) is 4.41. The lowest BCUT2D eigenvalue weighted by Gasteiger charge is -2.23. The van der Waals surface area contributed by atoms with Gasteiger partial charge in [0.15, 0.2) is 5.43 Å². The van der Waals surface area contributed by atoms with Gasteiger partial charge in [0.25, 0.3) is 5.91 Å². The van der Waals surface area contributed by atoms with Gasteiger partial charge in [0, 0.05) is 37.0 Å². The van der Waals surface area contributed by atoms with Crippen LogP contribution in [0.4, 0.5) is 0 Å². The molecule has 1 aromatic rings. The van der Waals surface area contributed by atoms with Gasteiger partial charge >= 0.3 is 0 Å². The van der Waals surface area contributed by atoms with Crippen LogP contribution in [-0.2, 0) is 4.79 Å². The molecule has 2 amide bonds. The maximum atomic E-state index is 11.9. The van der Waals surface area contributed by atoms with E-state index in [0.29, 0.717) is 25.1 Å². The SMILES string of the molecule is Cc1cc(=O)c(C(=O)NC2CCC(=O)NC2)c[nH]1. The Hall–Kier alpha value is -2.11. The molecule has 1 saturated heterocycles. The minimum atomic E-state index is -0.405. The molecule has 0 saturated carbocycles. The van der Waals surface area contributed by atoms with Crippen molar-refractivity contribution in [3.05, 3.63) is 33.7 Å². The first kappa shape index (κ1) is 12.3. The van der Waals surface area contributed by atoms with Gasteiger partial charge in [0.2, 0.25) is 5.91 Å². The monoisotopic (exact) mass is 249 g/mol. The molecule has 96 valence electrons. The summed E-state index contributed by atoms with van der Waals surface area (Å²) in [7, 11) is 0. The molecule has 3 N–H and O–H groups in total. The zero-order chi connectivity index (χ0) is 13.1. The van der Waals surface area contributed by atoms with E-state index in [-0.39, 0.29) is 22.9 Å². The summed E-state index contributed by atoms with van der Waals surface area (Å²) in [6, 6.07) is 1.27. The maximum Gasteiger partial charge on any atom is 0.257 e. The number of aromatic amines is 1. The van der Waals surface area contributed by atoms with Crippen LogP contribution < -0.4 is 16.1 Å². The number of aryl methyl sites for hydroxylation is 1. The number of H-pyrrole nitrogens is 1. The number of hydrogen-bond acceptors (Lipinski definition) is 3. The fraction of sp³-hybridized carbons (Fsp3) is 0.417. The lowest BCUT2D eigenvalue weighted by atomic mass is 10.1. The lowest BCUT2D eigenvalue weighted by molar-refractivity contribution is -0.122. The maximum absolute atomic E-state index is 11.9. The molecule has 2 rings (SSSR count). The molecule has 0 spiro atoms. The third-order valence-electron chi connectivity index (χ3n) is 2.90. The van der Waals surface area contributed by atoms with Gasteiger partial charge in [0.1, 0.15) is 5.56 Å². The van der Waals surface area contributed by atoms with Crippen LogP contribution in [0.1, 0.15) is 28.9 Å². The van der Waals surface area contributed by atoms with Gasteiger partial charge in [0.05, 0.1) is 0 Å². The first-order chi connectivity index (χ1) is 8.56. The molecule has 0 bridgehead atoms. The highest BCUT2D eigenvalue weighted by atomic mass is 16.2. The molecule has 1 fully saturated rings. The summed E-state index contributed by atoms with van der Waals surface area (Å²) in [5.74, 6) is -0.411. The fourth-order valence-corrected chi connectivity index (χ4v) is 1.87. The Bertz CT molecular complexity index is 526. The largest absolute Gasteiger partial charge is 0.364 e. The van der Waals surface area contributed by atoms with Crippen molar-refractivity contribution in [3.8, 4) is 0 Å². The van der Waals surface area contributed by atoms with Gasteiger partial charge < -0.3 is 15.6 Å².